The number of carboxylic acid groups (broad SMARTS) is 1. The summed E-state index contributed by atoms with van der Waals surface area (Å²) in [7, 11) is 0. The molecule has 18 heavy (non-hydrogen) atoms. The standard InChI is InChI=1S/C12H15ClN2O3/c1-8-5-9(13)6-14-10(8)12(18)3-2-4-15(7-12)11(16)17/h5-6,18H,2-4,7H2,1H3,(H,16,17). The van der Waals surface area contributed by atoms with Gasteiger partial charge in [-0.2, -0.15) is 0 Å². The number of β-amino-alcohol motifs (C(OH)–C–C–N with tert-alkyl or cyclic N) is 1. The second-order valence-electron chi connectivity index (χ2n) is 4.66. The Morgan fingerprint density at radius 1 is 1.61 bits per heavy atom. The fourth-order valence-electron chi connectivity index (χ4n) is 2.42. The van der Waals surface area contributed by atoms with E-state index in [0.717, 1.165) is 5.56 Å². The van der Waals surface area contributed by atoms with Crippen molar-refractivity contribution in [2.45, 2.75) is 25.4 Å². The van der Waals surface area contributed by atoms with Gasteiger partial charge in [-0.1, -0.05) is 11.6 Å². The molecule has 0 saturated carbocycles. The molecule has 2 rings (SSSR count). The smallest absolute Gasteiger partial charge is 0.407 e. The fourth-order valence-corrected chi connectivity index (χ4v) is 2.63. The molecule has 1 atom stereocenters. The van der Waals surface area contributed by atoms with Crippen molar-refractivity contribution in [1.29, 1.82) is 0 Å². The maximum absolute atomic E-state index is 11.0. The molecule has 1 aromatic rings. The van der Waals surface area contributed by atoms with Crippen LogP contribution in [0.4, 0.5) is 4.79 Å². The average molecular weight is 271 g/mol. The maximum Gasteiger partial charge on any atom is 0.407 e. The first-order valence-electron chi connectivity index (χ1n) is 5.75. The Morgan fingerprint density at radius 2 is 2.33 bits per heavy atom. The van der Waals surface area contributed by atoms with E-state index in [1.165, 1.54) is 11.1 Å². The van der Waals surface area contributed by atoms with Crippen LogP contribution in [0.2, 0.25) is 5.02 Å². The summed E-state index contributed by atoms with van der Waals surface area (Å²) >= 11 is 5.83. The zero-order valence-corrected chi connectivity index (χ0v) is 10.8. The summed E-state index contributed by atoms with van der Waals surface area (Å²) < 4.78 is 0. The van der Waals surface area contributed by atoms with Crippen LogP contribution in [-0.4, -0.2) is 39.3 Å². The van der Waals surface area contributed by atoms with E-state index in [9.17, 15) is 9.90 Å². The Morgan fingerprint density at radius 3 is 2.94 bits per heavy atom. The van der Waals surface area contributed by atoms with E-state index in [4.69, 9.17) is 16.7 Å². The van der Waals surface area contributed by atoms with Gasteiger partial charge in [0.25, 0.3) is 0 Å². The average Bonchev–Trinajstić information content (AvgIpc) is 2.28. The Labute approximate surface area is 110 Å². The van der Waals surface area contributed by atoms with Gasteiger partial charge < -0.3 is 15.1 Å². The maximum atomic E-state index is 11.0. The van der Waals surface area contributed by atoms with E-state index in [2.05, 4.69) is 4.98 Å². The van der Waals surface area contributed by atoms with Gasteiger partial charge in [0.1, 0.15) is 5.60 Å². The number of hydrogen-bond donors (Lipinski definition) is 2. The summed E-state index contributed by atoms with van der Waals surface area (Å²) in [6, 6.07) is 1.72. The number of aliphatic hydroxyl groups is 1. The van der Waals surface area contributed by atoms with Gasteiger partial charge in [-0.05, 0) is 31.4 Å². The molecule has 1 aliphatic rings. The Hall–Kier alpha value is -1.33. The lowest BCUT2D eigenvalue weighted by molar-refractivity contribution is -0.0332. The van der Waals surface area contributed by atoms with Crippen molar-refractivity contribution in [2.75, 3.05) is 13.1 Å². The van der Waals surface area contributed by atoms with Crippen molar-refractivity contribution in [3.63, 3.8) is 0 Å². The number of rotatable bonds is 1. The van der Waals surface area contributed by atoms with Crippen LogP contribution in [0.1, 0.15) is 24.1 Å². The molecule has 2 heterocycles. The van der Waals surface area contributed by atoms with Gasteiger partial charge in [-0.25, -0.2) is 4.79 Å². The van der Waals surface area contributed by atoms with Crippen molar-refractivity contribution in [3.05, 3.63) is 28.5 Å². The first-order valence-corrected chi connectivity index (χ1v) is 6.13. The summed E-state index contributed by atoms with van der Waals surface area (Å²) in [4.78, 5) is 16.4. The number of likely N-dealkylation sites (tertiary alicyclic amines) is 1. The summed E-state index contributed by atoms with van der Waals surface area (Å²) in [6.07, 6.45) is 1.58. The molecule has 5 nitrogen and oxygen atoms in total. The van der Waals surface area contributed by atoms with Crippen molar-refractivity contribution in [1.82, 2.24) is 9.88 Å². The molecule has 1 aliphatic heterocycles. The van der Waals surface area contributed by atoms with Gasteiger partial charge in [0.15, 0.2) is 0 Å². The molecular formula is C12H15ClN2O3. The lowest BCUT2D eigenvalue weighted by atomic mass is 9.87. The number of aromatic nitrogens is 1. The monoisotopic (exact) mass is 270 g/mol. The van der Waals surface area contributed by atoms with Crippen LogP contribution in [0.15, 0.2) is 12.3 Å². The number of carbonyl (C=O) groups is 1. The normalized spacial score (nSPS) is 24.1. The van der Waals surface area contributed by atoms with E-state index in [1.807, 2.05) is 6.92 Å². The number of hydrogen-bond acceptors (Lipinski definition) is 3. The van der Waals surface area contributed by atoms with Crippen LogP contribution in [0.25, 0.3) is 0 Å². The number of halogens is 1. The minimum atomic E-state index is -1.22. The fraction of sp³-hybridized carbons (Fsp3) is 0.500. The van der Waals surface area contributed by atoms with E-state index >= 15 is 0 Å². The van der Waals surface area contributed by atoms with E-state index in [1.54, 1.807) is 6.07 Å². The number of aryl methyl sites for hydroxylation is 1. The third kappa shape index (κ3) is 2.42. The lowest BCUT2D eigenvalue weighted by Gasteiger charge is -2.38. The molecule has 1 saturated heterocycles. The predicted molar refractivity (Wildman–Crippen MR) is 66.7 cm³/mol. The van der Waals surface area contributed by atoms with Crippen LogP contribution < -0.4 is 0 Å². The molecule has 0 spiro atoms. The minimum Gasteiger partial charge on any atom is -0.465 e. The van der Waals surface area contributed by atoms with Crippen molar-refractivity contribution >= 4 is 17.7 Å². The van der Waals surface area contributed by atoms with Crippen LogP contribution in [0.5, 0.6) is 0 Å². The summed E-state index contributed by atoms with van der Waals surface area (Å²) in [5, 5.41) is 20.1. The van der Waals surface area contributed by atoms with E-state index in [-0.39, 0.29) is 6.54 Å². The molecular weight excluding hydrogens is 256 g/mol. The highest BCUT2D eigenvalue weighted by molar-refractivity contribution is 6.30. The minimum absolute atomic E-state index is 0.0534. The summed E-state index contributed by atoms with van der Waals surface area (Å²) in [5.41, 5.74) is 0.0702. The van der Waals surface area contributed by atoms with Gasteiger partial charge in [-0.3, -0.25) is 4.98 Å². The highest BCUT2D eigenvalue weighted by Gasteiger charge is 2.38. The van der Waals surface area contributed by atoms with Crippen molar-refractivity contribution in [2.24, 2.45) is 0 Å². The van der Waals surface area contributed by atoms with Crippen molar-refractivity contribution in [3.8, 4) is 0 Å². The SMILES string of the molecule is Cc1cc(Cl)cnc1C1(O)CCCN(C(=O)O)C1. The molecule has 2 N–H and O–H groups in total. The molecule has 0 radical (unpaired) electrons. The zero-order valence-electron chi connectivity index (χ0n) is 10.1. The highest BCUT2D eigenvalue weighted by atomic mass is 35.5. The molecule has 6 heteroatoms. The molecule has 0 aromatic carbocycles. The third-order valence-corrected chi connectivity index (χ3v) is 3.43. The van der Waals surface area contributed by atoms with E-state index in [0.29, 0.717) is 30.1 Å². The van der Waals surface area contributed by atoms with Crippen molar-refractivity contribution < 1.29 is 15.0 Å². The Kier molecular flexibility index (Phi) is 3.45. The van der Waals surface area contributed by atoms with Gasteiger partial charge >= 0.3 is 6.09 Å². The first-order chi connectivity index (χ1) is 8.42. The molecule has 1 unspecified atom stereocenters. The van der Waals surface area contributed by atoms with Crippen LogP contribution in [0, 0.1) is 6.92 Å². The van der Waals surface area contributed by atoms with Crippen LogP contribution in [-0.2, 0) is 5.60 Å². The second kappa shape index (κ2) is 4.74. The van der Waals surface area contributed by atoms with E-state index < -0.39 is 11.7 Å². The molecule has 0 bridgehead atoms. The Balaban J connectivity index is 2.32. The second-order valence-corrected chi connectivity index (χ2v) is 5.09. The quantitative estimate of drug-likeness (QED) is 0.819. The zero-order chi connectivity index (χ0) is 13.3. The molecule has 0 aliphatic carbocycles. The third-order valence-electron chi connectivity index (χ3n) is 3.23. The van der Waals surface area contributed by atoms with Gasteiger partial charge in [0, 0.05) is 12.7 Å². The Bertz CT molecular complexity index is 480. The van der Waals surface area contributed by atoms with Crippen LogP contribution >= 0.6 is 11.6 Å². The summed E-state index contributed by atoms with van der Waals surface area (Å²) in [5.74, 6) is 0. The lowest BCUT2D eigenvalue weighted by Crippen LogP contribution is -2.48. The number of amides is 1. The van der Waals surface area contributed by atoms with Crippen LogP contribution in [0.3, 0.4) is 0 Å². The molecule has 98 valence electrons. The number of nitrogens with zero attached hydrogens (tertiary/aromatic N) is 2. The summed E-state index contributed by atoms with van der Waals surface area (Å²) in [6.45, 7) is 2.31. The molecule has 1 amide bonds. The molecule has 1 fully saturated rings. The number of piperidine rings is 1. The topological polar surface area (TPSA) is 73.7 Å². The first kappa shape index (κ1) is 13.1. The van der Waals surface area contributed by atoms with Gasteiger partial charge in [-0.15, -0.1) is 0 Å². The largest absolute Gasteiger partial charge is 0.465 e. The van der Waals surface area contributed by atoms with Gasteiger partial charge in [0.2, 0.25) is 0 Å². The molecule has 1 aromatic heterocycles. The highest BCUT2D eigenvalue weighted by Crippen LogP contribution is 2.32. The van der Waals surface area contributed by atoms with Gasteiger partial charge in [0.05, 0.1) is 17.3 Å². The predicted octanol–water partition coefficient (Wildman–Crippen LogP) is 2.00. The number of pyridine rings is 1.